The van der Waals surface area contributed by atoms with Crippen molar-refractivity contribution in [1.29, 1.82) is 0 Å². The molecule has 0 bridgehead atoms. The number of aromatic nitrogens is 2. The highest BCUT2D eigenvalue weighted by atomic mass is 35.5. The molecular formula is C12H7Cl2F3N2O. The molecule has 0 atom stereocenters. The summed E-state index contributed by atoms with van der Waals surface area (Å²) in [5.41, 5.74) is -1.08. The molecule has 0 saturated carbocycles. The Hall–Kier alpha value is -1.53. The Balaban J connectivity index is 2.36. The maximum Gasteiger partial charge on any atom is 0.416 e. The molecule has 20 heavy (non-hydrogen) atoms. The van der Waals surface area contributed by atoms with Crippen molar-refractivity contribution in [3.63, 3.8) is 0 Å². The number of rotatable bonds is 2. The highest BCUT2D eigenvalue weighted by Gasteiger charge is 2.30. The normalized spacial score (nSPS) is 11.7. The fourth-order valence-electron chi connectivity index (χ4n) is 1.60. The Morgan fingerprint density at radius 3 is 2.60 bits per heavy atom. The second-order valence-corrected chi connectivity index (χ2v) is 4.72. The summed E-state index contributed by atoms with van der Waals surface area (Å²) in [7, 11) is 0. The van der Waals surface area contributed by atoms with Crippen molar-refractivity contribution in [2.24, 2.45) is 0 Å². The predicted molar refractivity (Wildman–Crippen MR) is 69.1 cm³/mol. The highest BCUT2D eigenvalue weighted by Crippen LogP contribution is 2.29. The van der Waals surface area contributed by atoms with Crippen LogP contribution in [0.1, 0.15) is 11.1 Å². The van der Waals surface area contributed by atoms with Crippen LogP contribution < -0.4 is 5.56 Å². The van der Waals surface area contributed by atoms with Crippen LogP contribution in [0.15, 0.2) is 35.4 Å². The maximum absolute atomic E-state index is 12.6. The first-order chi connectivity index (χ1) is 9.29. The molecule has 0 aliphatic rings. The molecule has 106 valence electrons. The Morgan fingerprint density at radius 1 is 1.25 bits per heavy atom. The van der Waals surface area contributed by atoms with Crippen molar-refractivity contribution in [3.05, 3.63) is 62.2 Å². The van der Waals surface area contributed by atoms with Gasteiger partial charge in [0.1, 0.15) is 5.02 Å². The average Bonchev–Trinajstić information content (AvgIpc) is 2.39. The van der Waals surface area contributed by atoms with E-state index in [0.29, 0.717) is 5.56 Å². The minimum absolute atomic E-state index is 0.0767. The van der Waals surface area contributed by atoms with Crippen LogP contribution in [0, 0.1) is 0 Å². The topological polar surface area (TPSA) is 34.9 Å². The summed E-state index contributed by atoms with van der Waals surface area (Å²) < 4.78 is 38.8. The summed E-state index contributed by atoms with van der Waals surface area (Å²) in [6.45, 7) is -0.0767. The van der Waals surface area contributed by atoms with Crippen molar-refractivity contribution in [2.75, 3.05) is 0 Å². The molecule has 1 aromatic heterocycles. The Morgan fingerprint density at radius 2 is 1.95 bits per heavy atom. The molecule has 0 aliphatic carbocycles. The van der Waals surface area contributed by atoms with E-state index in [4.69, 9.17) is 23.2 Å². The zero-order chi connectivity index (χ0) is 14.9. The molecule has 0 spiro atoms. The standard InChI is InChI=1S/C12H7Cl2F3N2O/c13-9-10(14)18-6-19(11(9)20)5-7-2-1-3-8(4-7)12(15,16)17/h1-4,6H,5H2. The van der Waals surface area contributed by atoms with Gasteiger partial charge in [0.25, 0.3) is 5.56 Å². The second-order valence-electron chi connectivity index (χ2n) is 3.98. The number of nitrogens with zero attached hydrogens (tertiary/aromatic N) is 2. The molecule has 0 N–H and O–H groups in total. The summed E-state index contributed by atoms with van der Waals surface area (Å²) in [4.78, 5) is 15.4. The van der Waals surface area contributed by atoms with Gasteiger partial charge in [-0.05, 0) is 17.7 Å². The lowest BCUT2D eigenvalue weighted by atomic mass is 10.1. The average molecular weight is 323 g/mol. The van der Waals surface area contributed by atoms with Gasteiger partial charge in [0, 0.05) is 0 Å². The molecule has 8 heteroatoms. The minimum Gasteiger partial charge on any atom is -0.293 e. The molecule has 0 fully saturated rings. The zero-order valence-corrected chi connectivity index (χ0v) is 11.3. The Kier molecular flexibility index (Phi) is 4.06. The van der Waals surface area contributed by atoms with Crippen molar-refractivity contribution < 1.29 is 13.2 Å². The fraction of sp³-hybridized carbons (Fsp3) is 0.167. The minimum atomic E-state index is -4.43. The molecule has 1 aromatic carbocycles. The van der Waals surface area contributed by atoms with Crippen LogP contribution in [0.5, 0.6) is 0 Å². The third-order valence-electron chi connectivity index (χ3n) is 2.55. The highest BCUT2D eigenvalue weighted by molar-refractivity contribution is 6.40. The molecule has 0 saturated heterocycles. The number of benzene rings is 1. The first kappa shape index (κ1) is 14.9. The largest absolute Gasteiger partial charge is 0.416 e. The lowest BCUT2D eigenvalue weighted by molar-refractivity contribution is -0.137. The second kappa shape index (κ2) is 5.46. The van der Waals surface area contributed by atoms with Crippen LogP contribution in [0.25, 0.3) is 0 Å². The summed E-state index contributed by atoms with van der Waals surface area (Å²) in [6.07, 6.45) is -3.30. The SMILES string of the molecule is O=c1c(Cl)c(Cl)ncn1Cc1cccc(C(F)(F)F)c1. The Labute approximate surface area is 121 Å². The monoisotopic (exact) mass is 322 g/mol. The van der Waals surface area contributed by atoms with Crippen LogP contribution in [0.2, 0.25) is 10.2 Å². The van der Waals surface area contributed by atoms with E-state index in [1.807, 2.05) is 0 Å². The third-order valence-corrected chi connectivity index (χ3v) is 3.27. The quantitative estimate of drug-likeness (QED) is 0.791. The van der Waals surface area contributed by atoms with E-state index < -0.39 is 17.3 Å². The van der Waals surface area contributed by atoms with E-state index in [0.717, 1.165) is 23.0 Å². The maximum atomic E-state index is 12.6. The van der Waals surface area contributed by atoms with Gasteiger partial charge in [-0.1, -0.05) is 35.3 Å². The summed E-state index contributed by atoms with van der Waals surface area (Å²) in [5.74, 6) is 0. The van der Waals surface area contributed by atoms with E-state index in [9.17, 15) is 18.0 Å². The number of hydrogen-bond donors (Lipinski definition) is 0. The van der Waals surface area contributed by atoms with E-state index in [1.165, 1.54) is 12.1 Å². The van der Waals surface area contributed by atoms with E-state index >= 15 is 0 Å². The van der Waals surface area contributed by atoms with Crippen LogP contribution in [-0.2, 0) is 12.7 Å². The van der Waals surface area contributed by atoms with E-state index in [1.54, 1.807) is 0 Å². The first-order valence-electron chi connectivity index (χ1n) is 5.35. The van der Waals surface area contributed by atoms with Crippen molar-refractivity contribution in [3.8, 4) is 0 Å². The molecule has 0 radical (unpaired) electrons. The van der Waals surface area contributed by atoms with Gasteiger partial charge >= 0.3 is 6.18 Å². The molecule has 2 rings (SSSR count). The summed E-state index contributed by atoms with van der Waals surface area (Å²) in [5, 5.41) is -0.405. The first-order valence-corrected chi connectivity index (χ1v) is 6.11. The molecule has 1 heterocycles. The number of halogens is 5. The van der Waals surface area contributed by atoms with E-state index in [-0.39, 0.29) is 16.7 Å². The summed E-state index contributed by atoms with van der Waals surface area (Å²) >= 11 is 11.2. The molecule has 0 amide bonds. The lowest BCUT2D eigenvalue weighted by Gasteiger charge is -2.10. The van der Waals surface area contributed by atoms with Crippen LogP contribution in [0.3, 0.4) is 0 Å². The number of alkyl halides is 3. The van der Waals surface area contributed by atoms with Crippen LogP contribution in [-0.4, -0.2) is 9.55 Å². The van der Waals surface area contributed by atoms with Gasteiger partial charge < -0.3 is 0 Å². The molecule has 3 nitrogen and oxygen atoms in total. The smallest absolute Gasteiger partial charge is 0.293 e. The fourth-order valence-corrected chi connectivity index (χ4v) is 1.88. The van der Waals surface area contributed by atoms with Gasteiger partial charge in [-0.3, -0.25) is 9.36 Å². The zero-order valence-electron chi connectivity index (χ0n) is 9.79. The van der Waals surface area contributed by atoms with Gasteiger partial charge in [-0.15, -0.1) is 0 Å². The molecule has 0 aliphatic heterocycles. The predicted octanol–water partition coefficient (Wildman–Crippen LogP) is 3.62. The van der Waals surface area contributed by atoms with Gasteiger partial charge in [0.2, 0.25) is 0 Å². The lowest BCUT2D eigenvalue weighted by Crippen LogP contribution is -2.21. The van der Waals surface area contributed by atoms with E-state index in [2.05, 4.69) is 4.98 Å². The van der Waals surface area contributed by atoms with Gasteiger partial charge in [0.05, 0.1) is 18.4 Å². The molecule has 2 aromatic rings. The summed E-state index contributed by atoms with van der Waals surface area (Å²) in [6, 6.07) is 4.67. The van der Waals surface area contributed by atoms with Gasteiger partial charge in [0.15, 0.2) is 5.15 Å². The van der Waals surface area contributed by atoms with Crippen molar-refractivity contribution in [2.45, 2.75) is 12.7 Å². The number of hydrogen-bond acceptors (Lipinski definition) is 2. The van der Waals surface area contributed by atoms with Crippen LogP contribution >= 0.6 is 23.2 Å². The van der Waals surface area contributed by atoms with Crippen LogP contribution in [0.4, 0.5) is 13.2 Å². The van der Waals surface area contributed by atoms with Crippen molar-refractivity contribution >= 4 is 23.2 Å². The Bertz CT molecular complexity index is 698. The molecular weight excluding hydrogens is 316 g/mol. The van der Waals surface area contributed by atoms with Gasteiger partial charge in [-0.2, -0.15) is 13.2 Å². The molecule has 0 unspecified atom stereocenters. The third kappa shape index (κ3) is 3.13. The van der Waals surface area contributed by atoms with Crippen molar-refractivity contribution in [1.82, 2.24) is 9.55 Å². The van der Waals surface area contributed by atoms with Gasteiger partial charge in [-0.25, -0.2) is 4.98 Å².